The molecular formula is C13H17BrClNO2. The molecule has 0 atom stereocenters. The standard InChI is InChI=1S/C13H17BrClNO2/c1-13(2,3)16-12(17)18-7-6-9-4-5-10(14)8-11(9)15/h4-5,8H,6-7H2,1-3H3,(H,16,17). The fourth-order valence-corrected chi connectivity index (χ4v) is 2.09. The Bertz CT molecular complexity index is 429. The monoisotopic (exact) mass is 333 g/mol. The summed E-state index contributed by atoms with van der Waals surface area (Å²) in [5.74, 6) is 0. The zero-order valence-corrected chi connectivity index (χ0v) is 13.1. The lowest BCUT2D eigenvalue weighted by atomic mass is 10.1. The SMILES string of the molecule is CC(C)(C)NC(=O)OCCc1ccc(Br)cc1Cl. The van der Waals surface area contributed by atoms with Crippen LogP contribution in [0.25, 0.3) is 0 Å². The van der Waals surface area contributed by atoms with Crippen molar-refractivity contribution < 1.29 is 9.53 Å². The number of hydrogen-bond acceptors (Lipinski definition) is 2. The van der Waals surface area contributed by atoms with E-state index in [0.29, 0.717) is 18.1 Å². The zero-order valence-electron chi connectivity index (χ0n) is 10.7. The summed E-state index contributed by atoms with van der Waals surface area (Å²) in [7, 11) is 0. The first-order valence-corrected chi connectivity index (χ1v) is 6.84. The lowest BCUT2D eigenvalue weighted by Crippen LogP contribution is -2.41. The number of rotatable bonds is 3. The molecule has 5 heteroatoms. The number of carbonyl (C=O) groups is 1. The Morgan fingerprint density at radius 3 is 2.67 bits per heavy atom. The van der Waals surface area contributed by atoms with Crippen LogP contribution in [-0.2, 0) is 11.2 Å². The molecule has 0 radical (unpaired) electrons. The van der Waals surface area contributed by atoms with Gasteiger partial charge in [-0.1, -0.05) is 33.6 Å². The second-order valence-corrected chi connectivity index (χ2v) is 6.32. The average Bonchev–Trinajstić information content (AvgIpc) is 2.18. The van der Waals surface area contributed by atoms with Crippen LogP contribution >= 0.6 is 27.5 Å². The zero-order chi connectivity index (χ0) is 13.8. The van der Waals surface area contributed by atoms with Crippen LogP contribution in [0.1, 0.15) is 26.3 Å². The second-order valence-electron chi connectivity index (χ2n) is 5.00. The Balaban J connectivity index is 2.40. The van der Waals surface area contributed by atoms with E-state index in [1.165, 1.54) is 0 Å². The number of alkyl carbamates (subject to hydrolysis) is 1. The smallest absolute Gasteiger partial charge is 0.407 e. The maximum Gasteiger partial charge on any atom is 0.407 e. The quantitative estimate of drug-likeness (QED) is 0.901. The van der Waals surface area contributed by atoms with E-state index in [1.54, 1.807) is 0 Å². The molecule has 0 aromatic heterocycles. The highest BCUT2D eigenvalue weighted by molar-refractivity contribution is 9.10. The average molecular weight is 335 g/mol. The van der Waals surface area contributed by atoms with Crippen molar-refractivity contribution in [2.45, 2.75) is 32.7 Å². The van der Waals surface area contributed by atoms with Gasteiger partial charge in [0, 0.05) is 21.5 Å². The van der Waals surface area contributed by atoms with Crippen molar-refractivity contribution in [2.75, 3.05) is 6.61 Å². The molecule has 1 N–H and O–H groups in total. The van der Waals surface area contributed by atoms with Crippen molar-refractivity contribution in [3.05, 3.63) is 33.3 Å². The Morgan fingerprint density at radius 1 is 1.44 bits per heavy atom. The molecule has 0 aliphatic heterocycles. The third kappa shape index (κ3) is 5.74. The molecule has 0 fully saturated rings. The van der Waals surface area contributed by atoms with Crippen LogP contribution in [0.5, 0.6) is 0 Å². The lowest BCUT2D eigenvalue weighted by molar-refractivity contribution is 0.139. The first-order valence-electron chi connectivity index (χ1n) is 5.67. The highest BCUT2D eigenvalue weighted by Gasteiger charge is 2.14. The molecular weight excluding hydrogens is 318 g/mol. The van der Waals surface area contributed by atoms with Crippen molar-refractivity contribution >= 4 is 33.6 Å². The number of ether oxygens (including phenoxy) is 1. The predicted octanol–water partition coefficient (Wildman–Crippen LogP) is 4.17. The van der Waals surface area contributed by atoms with Gasteiger partial charge in [0.05, 0.1) is 6.61 Å². The Hall–Kier alpha value is -0.740. The largest absolute Gasteiger partial charge is 0.449 e. The van der Waals surface area contributed by atoms with Gasteiger partial charge < -0.3 is 10.1 Å². The molecule has 0 aliphatic rings. The molecule has 100 valence electrons. The van der Waals surface area contributed by atoms with Crippen LogP contribution in [0.3, 0.4) is 0 Å². The summed E-state index contributed by atoms with van der Waals surface area (Å²) in [6.45, 7) is 6.02. The molecule has 1 aromatic rings. The van der Waals surface area contributed by atoms with Crippen LogP contribution in [0.4, 0.5) is 4.79 Å². The van der Waals surface area contributed by atoms with Crippen LogP contribution in [0, 0.1) is 0 Å². The van der Waals surface area contributed by atoms with Crippen molar-refractivity contribution in [1.29, 1.82) is 0 Å². The summed E-state index contributed by atoms with van der Waals surface area (Å²) in [5, 5.41) is 3.40. The number of amides is 1. The number of halogens is 2. The van der Waals surface area contributed by atoms with E-state index in [1.807, 2.05) is 39.0 Å². The third-order valence-corrected chi connectivity index (χ3v) is 2.94. The molecule has 3 nitrogen and oxygen atoms in total. The highest BCUT2D eigenvalue weighted by Crippen LogP contribution is 2.21. The molecule has 1 amide bonds. The van der Waals surface area contributed by atoms with E-state index in [2.05, 4.69) is 21.2 Å². The van der Waals surface area contributed by atoms with E-state index >= 15 is 0 Å². The molecule has 1 aromatic carbocycles. The topological polar surface area (TPSA) is 38.3 Å². The van der Waals surface area contributed by atoms with Crippen LogP contribution in [0.2, 0.25) is 5.02 Å². The first-order chi connectivity index (χ1) is 8.28. The van der Waals surface area contributed by atoms with Crippen LogP contribution in [-0.4, -0.2) is 18.2 Å². The molecule has 0 unspecified atom stereocenters. The maximum atomic E-state index is 11.4. The molecule has 0 saturated heterocycles. The van der Waals surface area contributed by atoms with Gasteiger partial charge in [0.2, 0.25) is 0 Å². The number of hydrogen-bond donors (Lipinski definition) is 1. The minimum absolute atomic E-state index is 0.285. The van der Waals surface area contributed by atoms with E-state index < -0.39 is 6.09 Å². The third-order valence-electron chi connectivity index (χ3n) is 2.10. The molecule has 18 heavy (non-hydrogen) atoms. The fraction of sp³-hybridized carbons (Fsp3) is 0.462. The minimum Gasteiger partial charge on any atom is -0.449 e. The molecule has 0 aliphatic carbocycles. The Morgan fingerprint density at radius 2 is 2.11 bits per heavy atom. The van der Waals surface area contributed by atoms with Gasteiger partial charge in [0.25, 0.3) is 0 Å². The van der Waals surface area contributed by atoms with Crippen molar-refractivity contribution in [3.8, 4) is 0 Å². The van der Waals surface area contributed by atoms with Gasteiger partial charge in [-0.15, -0.1) is 0 Å². The Labute approximate surface area is 121 Å². The second kappa shape index (κ2) is 6.43. The summed E-state index contributed by atoms with van der Waals surface area (Å²) in [5.41, 5.74) is 0.676. The van der Waals surface area contributed by atoms with Crippen LogP contribution < -0.4 is 5.32 Å². The lowest BCUT2D eigenvalue weighted by Gasteiger charge is -2.20. The first kappa shape index (κ1) is 15.3. The molecule has 0 saturated carbocycles. The van der Waals surface area contributed by atoms with E-state index in [9.17, 15) is 4.79 Å². The molecule has 0 spiro atoms. The summed E-state index contributed by atoms with van der Waals surface area (Å²) >= 11 is 9.41. The van der Waals surface area contributed by atoms with Gasteiger partial charge in [-0.05, 0) is 38.5 Å². The van der Waals surface area contributed by atoms with Gasteiger partial charge in [-0.2, -0.15) is 0 Å². The molecule has 0 bridgehead atoms. The van der Waals surface area contributed by atoms with Gasteiger partial charge >= 0.3 is 6.09 Å². The van der Waals surface area contributed by atoms with E-state index in [-0.39, 0.29) is 5.54 Å². The van der Waals surface area contributed by atoms with Crippen LogP contribution in [0.15, 0.2) is 22.7 Å². The maximum absolute atomic E-state index is 11.4. The van der Waals surface area contributed by atoms with Gasteiger partial charge in [0.15, 0.2) is 0 Å². The normalized spacial score (nSPS) is 11.2. The highest BCUT2D eigenvalue weighted by atomic mass is 79.9. The summed E-state index contributed by atoms with van der Waals surface area (Å²) < 4.78 is 6.02. The number of benzene rings is 1. The Kier molecular flexibility index (Phi) is 5.47. The minimum atomic E-state index is -0.407. The van der Waals surface area contributed by atoms with E-state index in [4.69, 9.17) is 16.3 Å². The number of carbonyl (C=O) groups excluding carboxylic acids is 1. The van der Waals surface area contributed by atoms with Crippen molar-refractivity contribution in [1.82, 2.24) is 5.32 Å². The summed E-state index contributed by atoms with van der Waals surface area (Å²) in [6.07, 6.45) is 0.194. The summed E-state index contributed by atoms with van der Waals surface area (Å²) in [4.78, 5) is 11.4. The van der Waals surface area contributed by atoms with Gasteiger partial charge in [0.1, 0.15) is 0 Å². The number of nitrogens with one attached hydrogen (secondary N) is 1. The van der Waals surface area contributed by atoms with Gasteiger partial charge in [-0.3, -0.25) is 0 Å². The molecule has 0 heterocycles. The van der Waals surface area contributed by atoms with Gasteiger partial charge in [-0.25, -0.2) is 4.79 Å². The predicted molar refractivity (Wildman–Crippen MR) is 77.1 cm³/mol. The van der Waals surface area contributed by atoms with E-state index in [0.717, 1.165) is 10.0 Å². The summed E-state index contributed by atoms with van der Waals surface area (Å²) in [6, 6.07) is 5.65. The fourth-order valence-electron chi connectivity index (χ4n) is 1.32. The molecule has 1 rings (SSSR count). The van der Waals surface area contributed by atoms with Crippen molar-refractivity contribution in [3.63, 3.8) is 0 Å². The van der Waals surface area contributed by atoms with Crippen molar-refractivity contribution in [2.24, 2.45) is 0 Å².